The third kappa shape index (κ3) is 2.36. The van der Waals surface area contributed by atoms with Gasteiger partial charge in [0.25, 0.3) is 0 Å². The first-order valence-electron chi connectivity index (χ1n) is 4.31. The fourth-order valence-corrected chi connectivity index (χ4v) is 3.38. The SMILES string of the molecule is ClC1C=C(Cc2sccc2Br)CC1. The van der Waals surface area contributed by atoms with Crippen LogP contribution in [0.4, 0.5) is 0 Å². The van der Waals surface area contributed by atoms with Crippen LogP contribution in [0.2, 0.25) is 0 Å². The fourth-order valence-electron chi connectivity index (χ4n) is 1.55. The summed E-state index contributed by atoms with van der Waals surface area (Å²) in [4.78, 5) is 1.41. The lowest BCUT2D eigenvalue weighted by molar-refractivity contribution is 0.894. The van der Waals surface area contributed by atoms with Gasteiger partial charge in [0.05, 0.1) is 5.38 Å². The summed E-state index contributed by atoms with van der Waals surface area (Å²) in [5.41, 5.74) is 1.49. The molecule has 13 heavy (non-hydrogen) atoms. The zero-order valence-corrected chi connectivity index (χ0v) is 10.3. The van der Waals surface area contributed by atoms with Crippen LogP contribution in [-0.2, 0) is 6.42 Å². The lowest BCUT2D eigenvalue weighted by atomic mass is 10.1. The second kappa shape index (κ2) is 4.16. The van der Waals surface area contributed by atoms with Crippen molar-refractivity contribution in [1.29, 1.82) is 0 Å². The van der Waals surface area contributed by atoms with Crippen molar-refractivity contribution >= 4 is 38.9 Å². The molecule has 70 valence electrons. The van der Waals surface area contributed by atoms with Gasteiger partial charge in [0.2, 0.25) is 0 Å². The van der Waals surface area contributed by atoms with Gasteiger partial charge >= 0.3 is 0 Å². The molecule has 1 aromatic rings. The van der Waals surface area contributed by atoms with Gasteiger partial charge in [0, 0.05) is 15.8 Å². The van der Waals surface area contributed by atoms with E-state index in [9.17, 15) is 0 Å². The monoisotopic (exact) mass is 276 g/mol. The first kappa shape index (κ1) is 9.75. The summed E-state index contributed by atoms with van der Waals surface area (Å²) in [7, 11) is 0. The predicted molar refractivity (Wildman–Crippen MR) is 62.7 cm³/mol. The summed E-state index contributed by atoms with van der Waals surface area (Å²) in [6.45, 7) is 0. The minimum Gasteiger partial charge on any atom is -0.147 e. The van der Waals surface area contributed by atoms with Crippen LogP contribution >= 0.6 is 38.9 Å². The molecule has 0 N–H and O–H groups in total. The van der Waals surface area contributed by atoms with Gasteiger partial charge < -0.3 is 0 Å². The van der Waals surface area contributed by atoms with Crippen molar-refractivity contribution < 1.29 is 0 Å². The Hall–Kier alpha value is 0.210. The van der Waals surface area contributed by atoms with E-state index in [0.29, 0.717) is 0 Å². The molecular formula is C10H10BrClS. The van der Waals surface area contributed by atoms with E-state index in [-0.39, 0.29) is 5.38 Å². The topological polar surface area (TPSA) is 0 Å². The van der Waals surface area contributed by atoms with Gasteiger partial charge in [-0.25, -0.2) is 0 Å². The molecule has 0 radical (unpaired) electrons. The molecule has 2 rings (SSSR count). The van der Waals surface area contributed by atoms with E-state index in [1.807, 2.05) is 0 Å². The Morgan fingerprint density at radius 2 is 2.46 bits per heavy atom. The third-order valence-corrected chi connectivity index (χ3v) is 4.51. The summed E-state index contributed by atoms with van der Waals surface area (Å²) < 4.78 is 1.23. The van der Waals surface area contributed by atoms with Gasteiger partial charge in [0.1, 0.15) is 0 Å². The lowest BCUT2D eigenvalue weighted by Gasteiger charge is -1.98. The van der Waals surface area contributed by atoms with Crippen LogP contribution in [0.25, 0.3) is 0 Å². The molecular weight excluding hydrogens is 268 g/mol. The van der Waals surface area contributed by atoms with Crippen LogP contribution in [-0.4, -0.2) is 5.38 Å². The van der Waals surface area contributed by atoms with Gasteiger partial charge in [-0.3, -0.25) is 0 Å². The Kier molecular flexibility index (Phi) is 3.12. The Morgan fingerprint density at radius 1 is 1.62 bits per heavy atom. The van der Waals surface area contributed by atoms with Crippen LogP contribution in [0, 0.1) is 0 Å². The predicted octanol–water partition coefficient (Wildman–Crippen LogP) is 4.38. The highest BCUT2D eigenvalue weighted by Gasteiger charge is 2.14. The Labute approximate surface area is 95.7 Å². The van der Waals surface area contributed by atoms with E-state index in [0.717, 1.165) is 12.8 Å². The summed E-state index contributed by atoms with van der Waals surface area (Å²) in [6.07, 6.45) is 5.55. The molecule has 3 heteroatoms. The smallest absolute Gasteiger partial charge is 0.0521 e. The first-order valence-corrected chi connectivity index (χ1v) is 6.42. The molecule has 0 aliphatic heterocycles. The molecule has 0 nitrogen and oxygen atoms in total. The number of hydrogen-bond donors (Lipinski definition) is 0. The van der Waals surface area contributed by atoms with E-state index in [1.165, 1.54) is 21.3 Å². The van der Waals surface area contributed by atoms with Crippen LogP contribution in [0.1, 0.15) is 17.7 Å². The van der Waals surface area contributed by atoms with Crippen LogP contribution in [0.15, 0.2) is 27.6 Å². The minimum absolute atomic E-state index is 0.272. The zero-order chi connectivity index (χ0) is 9.26. The summed E-state index contributed by atoms with van der Waals surface area (Å²) in [5.74, 6) is 0. The highest BCUT2D eigenvalue weighted by atomic mass is 79.9. The molecule has 1 unspecified atom stereocenters. The molecule has 0 spiro atoms. The van der Waals surface area contributed by atoms with E-state index in [1.54, 1.807) is 11.3 Å². The largest absolute Gasteiger partial charge is 0.147 e. The van der Waals surface area contributed by atoms with E-state index in [4.69, 9.17) is 11.6 Å². The fraction of sp³-hybridized carbons (Fsp3) is 0.400. The summed E-state index contributed by atoms with van der Waals surface area (Å²) >= 11 is 11.3. The second-order valence-electron chi connectivity index (χ2n) is 3.25. The molecule has 0 bridgehead atoms. The zero-order valence-electron chi connectivity index (χ0n) is 7.09. The Morgan fingerprint density at radius 3 is 3.00 bits per heavy atom. The Bertz CT molecular complexity index is 329. The molecule has 1 aromatic heterocycles. The lowest BCUT2D eigenvalue weighted by Crippen LogP contribution is -1.83. The van der Waals surface area contributed by atoms with Crippen molar-refractivity contribution in [3.05, 3.63) is 32.4 Å². The number of rotatable bonds is 2. The maximum atomic E-state index is 6.00. The van der Waals surface area contributed by atoms with Gasteiger partial charge in [-0.1, -0.05) is 11.6 Å². The molecule has 0 saturated heterocycles. The quantitative estimate of drug-likeness (QED) is 0.556. The summed E-state index contributed by atoms with van der Waals surface area (Å²) in [5, 5.41) is 2.39. The first-order chi connectivity index (χ1) is 6.25. The van der Waals surface area contributed by atoms with Crippen molar-refractivity contribution in [2.45, 2.75) is 24.6 Å². The van der Waals surface area contributed by atoms with E-state index >= 15 is 0 Å². The number of thiophene rings is 1. The Balaban J connectivity index is 2.07. The highest BCUT2D eigenvalue weighted by molar-refractivity contribution is 9.10. The molecule has 0 saturated carbocycles. The maximum Gasteiger partial charge on any atom is 0.0521 e. The number of hydrogen-bond acceptors (Lipinski definition) is 1. The van der Waals surface area contributed by atoms with Crippen molar-refractivity contribution in [2.24, 2.45) is 0 Å². The second-order valence-corrected chi connectivity index (χ2v) is 5.66. The van der Waals surface area contributed by atoms with E-state index < -0.39 is 0 Å². The number of allylic oxidation sites excluding steroid dienone is 2. The van der Waals surface area contributed by atoms with Gasteiger partial charge in [-0.2, -0.15) is 0 Å². The van der Waals surface area contributed by atoms with Crippen molar-refractivity contribution in [1.82, 2.24) is 0 Å². The number of alkyl halides is 1. The average molecular weight is 278 g/mol. The van der Waals surface area contributed by atoms with Gasteiger partial charge in [-0.05, 0) is 40.2 Å². The average Bonchev–Trinajstić information content (AvgIpc) is 2.64. The third-order valence-electron chi connectivity index (χ3n) is 2.24. The molecule has 1 atom stereocenters. The molecule has 0 aromatic carbocycles. The standard InChI is InChI=1S/C10H10BrClS/c11-9-3-4-13-10(9)6-7-1-2-8(12)5-7/h3-5,8H,1-2,6H2. The van der Waals surface area contributed by atoms with Gasteiger partial charge in [0.15, 0.2) is 0 Å². The van der Waals surface area contributed by atoms with E-state index in [2.05, 4.69) is 33.5 Å². The molecule has 1 aliphatic rings. The highest BCUT2D eigenvalue weighted by Crippen LogP contribution is 2.30. The maximum absolute atomic E-state index is 6.00. The summed E-state index contributed by atoms with van der Waals surface area (Å²) in [6, 6.07) is 2.10. The molecule has 1 aliphatic carbocycles. The molecule has 0 amide bonds. The molecule has 0 fully saturated rings. The van der Waals surface area contributed by atoms with Crippen LogP contribution < -0.4 is 0 Å². The van der Waals surface area contributed by atoms with Crippen molar-refractivity contribution in [2.75, 3.05) is 0 Å². The molecule has 1 heterocycles. The van der Waals surface area contributed by atoms with Crippen LogP contribution in [0.3, 0.4) is 0 Å². The van der Waals surface area contributed by atoms with Crippen molar-refractivity contribution in [3.8, 4) is 0 Å². The normalized spacial score (nSPS) is 22.0. The van der Waals surface area contributed by atoms with Crippen LogP contribution in [0.5, 0.6) is 0 Å². The van der Waals surface area contributed by atoms with Gasteiger partial charge in [-0.15, -0.1) is 22.9 Å². The van der Waals surface area contributed by atoms with Crippen molar-refractivity contribution in [3.63, 3.8) is 0 Å². The number of halogens is 2. The minimum atomic E-state index is 0.272.